The molecule has 8 heteroatoms. The average molecular weight is 367 g/mol. The Labute approximate surface area is 150 Å². The monoisotopic (exact) mass is 366 g/mol. The highest BCUT2D eigenvalue weighted by atomic mass is 28.4. The molecule has 1 aliphatic heterocycles. The van der Waals surface area contributed by atoms with Gasteiger partial charge in [-0.1, -0.05) is 20.8 Å². The number of hydrogen-bond donors (Lipinski definition) is 3. The van der Waals surface area contributed by atoms with E-state index in [0.717, 1.165) is 5.69 Å². The standard InChI is InChI=1S/C17H30N4O3Si/c1-17(2,3)25(4,5)24-13-8-12(20-16(22)23)10-21(11-13)15-6-7-19-9-14(15)18/h6-7,9,12-13,20H,8,10-11,18H2,1-5H3,(H,22,23)/t12-,13+/m0/s1. The van der Waals surface area contributed by atoms with Crippen LogP contribution < -0.4 is 16.0 Å². The minimum absolute atomic E-state index is 0.0425. The van der Waals surface area contributed by atoms with Crippen molar-refractivity contribution < 1.29 is 14.3 Å². The van der Waals surface area contributed by atoms with Crippen molar-refractivity contribution in [3.8, 4) is 0 Å². The number of rotatable bonds is 4. The molecule has 0 aromatic carbocycles. The van der Waals surface area contributed by atoms with E-state index in [-0.39, 0.29) is 17.2 Å². The average Bonchev–Trinajstić information content (AvgIpc) is 2.44. The van der Waals surface area contributed by atoms with E-state index in [4.69, 9.17) is 15.3 Å². The number of aromatic nitrogens is 1. The fourth-order valence-corrected chi connectivity index (χ4v) is 4.25. The highest BCUT2D eigenvalue weighted by Gasteiger charge is 2.41. The van der Waals surface area contributed by atoms with Crippen LogP contribution in [0, 0.1) is 0 Å². The Balaban J connectivity index is 2.22. The van der Waals surface area contributed by atoms with Gasteiger partial charge in [0.1, 0.15) is 0 Å². The van der Waals surface area contributed by atoms with Crippen LogP contribution in [0.1, 0.15) is 27.2 Å². The zero-order valence-corrected chi connectivity index (χ0v) is 16.7. The van der Waals surface area contributed by atoms with Crippen LogP contribution >= 0.6 is 0 Å². The normalized spacial score (nSPS) is 21.9. The first kappa shape index (κ1) is 19.5. The van der Waals surface area contributed by atoms with Gasteiger partial charge >= 0.3 is 6.09 Å². The third-order valence-electron chi connectivity index (χ3n) is 5.18. The Hall–Kier alpha value is -1.80. The number of carboxylic acid groups (broad SMARTS) is 1. The van der Waals surface area contributed by atoms with Crippen LogP contribution in [0.5, 0.6) is 0 Å². The molecule has 140 valence electrons. The van der Waals surface area contributed by atoms with Gasteiger partial charge in [-0.25, -0.2) is 4.79 Å². The first-order chi connectivity index (χ1) is 11.5. The number of carbonyl (C=O) groups is 1. The van der Waals surface area contributed by atoms with Gasteiger partial charge in [0.25, 0.3) is 0 Å². The smallest absolute Gasteiger partial charge is 0.404 e. The van der Waals surface area contributed by atoms with Crippen LogP contribution in [0.2, 0.25) is 18.1 Å². The predicted molar refractivity (Wildman–Crippen MR) is 102 cm³/mol. The molecule has 2 atom stereocenters. The van der Waals surface area contributed by atoms with Crippen LogP contribution in [-0.4, -0.2) is 49.7 Å². The molecule has 25 heavy (non-hydrogen) atoms. The van der Waals surface area contributed by atoms with Crippen molar-refractivity contribution in [1.82, 2.24) is 10.3 Å². The van der Waals surface area contributed by atoms with Crippen molar-refractivity contribution in [2.24, 2.45) is 0 Å². The maximum absolute atomic E-state index is 11.1. The summed E-state index contributed by atoms with van der Waals surface area (Å²) in [6, 6.07) is 1.66. The Morgan fingerprint density at radius 3 is 2.68 bits per heavy atom. The van der Waals surface area contributed by atoms with Crippen molar-refractivity contribution >= 4 is 25.8 Å². The number of nitrogens with one attached hydrogen (secondary N) is 1. The third kappa shape index (κ3) is 4.85. The zero-order chi connectivity index (χ0) is 18.8. The number of piperidine rings is 1. The molecule has 2 rings (SSSR count). The third-order valence-corrected chi connectivity index (χ3v) is 9.71. The molecule has 1 aromatic rings. The second-order valence-corrected chi connectivity index (χ2v) is 13.0. The highest BCUT2D eigenvalue weighted by Crippen LogP contribution is 2.38. The van der Waals surface area contributed by atoms with Gasteiger partial charge in [0.2, 0.25) is 0 Å². The molecule has 4 N–H and O–H groups in total. The Kier molecular flexibility index (Phi) is 5.63. The second kappa shape index (κ2) is 7.21. The van der Waals surface area contributed by atoms with E-state index in [0.29, 0.717) is 25.2 Å². The molecule has 1 fully saturated rings. The summed E-state index contributed by atoms with van der Waals surface area (Å²) in [5.41, 5.74) is 7.53. The number of nitrogens with zero attached hydrogens (tertiary/aromatic N) is 2. The maximum atomic E-state index is 11.1. The second-order valence-electron chi connectivity index (χ2n) is 8.22. The summed E-state index contributed by atoms with van der Waals surface area (Å²) in [5, 5.41) is 11.8. The molecule has 2 heterocycles. The molecular weight excluding hydrogens is 336 g/mol. The van der Waals surface area contributed by atoms with E-state index >= 15 is 0 Å². The summed E-state index contributed by atoms with van der Waals surface area (Å²) >= 11 is 0. The number of anilines is 2. The first-order valence-electron chi connectivity index (χ1n) is 8.61. The number of nitrogen functional groups attached to an aromatic ring is 1. The predicted octanol–water partition coefficient (Wildman–Crippen LogP) is 2.90. The van der Waals surface area contributed by atoms with Gasteiger partial charge in [-0.3, -0.25) is 4.98 Å². The van der Waals surface area contributed by atoms with Crippen molar-refractivity contribution in [1.29, 1.82) is 0 Å². The summed E-state index contributed by atoms with van der Waals surface area (Å²) in [4.78, 5) is 17.3. The first-order valence-corrected chi connectivity index (χ1v) is 11.5. The van der Waals surface area contributed by atoms with Crippen molar-refractivity contribution in [3.05, 3.63) is 18.5 Å². The summed E-state index contributed by atoms with van der Waals surface area (Å²) in [6.45, 7) is 12.3. The van der Waals surface area contributed by atoms with Gasteiger partial charge in [-0.15, -0.1) is 0 Å². The Morgan fingerprint density at radius 1 is 1.44 bits per heavy atom. The molecule has 0 radical (unpaired) electrons. The lowest BCUT2D eigenvalue weighted by Gasteiger charge is -2.45. The SMILES string of the molecule is CC(C)(C)[Si](C)(C)O[C@@H]1C[C@H](NC(=O)O)CN(c2ccncc2N)C1. The lowest BCUT2D eigenvalue weighted by Crippen LogP contribution is -2.56. The van der Waals surface area contributed by atoms with Crippen molar-refractivity contribution in [2.75, 3.05) is 23.7 Å². The van der Waals surface area contributed by atoms with Crippen LogP contribution in [0.4, 0.5) is 16.2 Å². The van der Waals surface area contributed by atoms with Crippen molar-refractivity contribution in [2.45, 2.75) is 57.5 Å². The van der Waals surface area contributed by atoms with Crippen LogP contribution in [0.3, 0.4) is 0 Å². The molecule has 1 aromatic heterocycles. The molecule has 7 nitrogen and oxygen atoms in total. The lowest BCUT2D eigenvalue weighted by atomic mass is 10.0. The van der Waals surface area contributed by atoms with E-state index in [2.05, 4.69) is 49.1 Å². The van der Waals surface area contributed by atoms with E-state index in [9.17, 15) is 4.79 Å². The van der Waals surface area contributed by atoms with Gasteiger partial charge in [0.15, 0.2) is 8.32 Å². The minimum atomic E-state index is -1.95. The fourth-order valence-electron chi connectivity index (χ4n) is 2.89. The number of hydrogen-bond acceptors (Lipinski definition) is 5. The molecule has 1 saturated heterocycles. The Morgan fingerprint density at radius 2 is 2.12 bits per heavy atom. The van der Waals surface area contributed by atoms with Gasteiger partial charge in [0.05, 0.1) is 29.7 Å². The van der Waals surface area contributed by atoms with E-state index in [1.165, 1.54) is 0 Å². The van der Waals surface area contributed by atoms with Crippen LogP contribution in [-0.2, 0) is 4.43 Å². The number of amides is 1. The molecule has 0 saturated carbocycles. The van der Waals surface area contributed by atoms with Crippen LogP contribution in [0.15, 0.2) is 18.5 Å². The molecule has 0 aliphatic carbocycles. The minimum Gasteiger partial charge on any atom is -0.465 e. The maximum Gasteiger partial charge on any atom is 0.404 e. The van der Waals surface area contributed by atoms with Gasteiger partial charge in [0, 0.05) is 19.3 Å². The van der Waals surface area contributed by atoms with Gasteiger partial charge < -0.3 is 25.5 Å². The number of pyridine rings is 1. The summed E-state index contributed by atoms with van der Waals surface area (Å²) < 4.78 is 6.55. The molecular formula is C17H30N4O3Si. The van der Waals surface area contributed by atoms with E-state index < -0.39 is 14.4 Å². The van der Waals surface area contributed by atoms with E-state index in [1.54, 1.807) is 12.4 Å². The lowest BCUT2D eigenvalue weighted by molar-refractivity contribution is 0.138. The van der Waals surface area contributed by atoms with Gasteiger partial charge in [-0.2, -0.15) is 0 Å². The van der Waals surface area contributed by atoms with Gasteiger partial charge in [-0.05, 0) is 30.6 Å². The highest BCUT2D eigenvalue weighted by molar-refractivity contribution is 6.74. The number of nitrogens with two attached hydrogens (primary N) is 1. The quantitative estimate of drug-likeness (QED) is 0.708. The summed E-state index contributed by atoms with van der Waals surface area (Å²) in [5.74, 6) is 0. The summed E-state index contributed by atoms with van der Waals surface area (Å²) in [6.07, 6.45) is 2.93. The van der Waals surface area contributed by atoms with Crippen LogP contribution in [0.25, 0.3) is 0 Å². The van der Waals surface area contributed by atoms with Crippen molar-refractivity contribution in [3.63, 3.8) is 0 Å². The topological polar surface area (TPSA) is 101 Å². The summed E-state index contributed by atoms with van der Waals surface area (Å²) in [7, 11) is -1.95. The molecule has 0 bridgehead atoms. The molecule has 1 aliphatic rings. The Bertz CT molecular complexity index is 618. The fraction of sp³-hybridized carbons (Fsp3) is 0.647. The molecule has 0 unspecified atom stereocenters. The molecule has 1 amide bonds. The van der Waals surface area contributed by atoms with E-state index in [1.807, 2.05) is 6.07 Å². The largest absolute Gasteiger partial charge is 0.465 e. The molecule has 0 spiro atoms. The zero-order valence-electron chi connectivity index (χ0n) is 15.7.